The van der Waals surface area contributed by atoms with Crippen molar-refractivity contribution in [1.29, 1.82) is 0 Å². The third-order valence-electron chi connectivity index (χ3n) is 5.05. The molecule has 1 N–H and O–H groups in total. The van der Waals surface area contributed by atoms with Gasteiger partial charge in [-0.15, -0.1) is 0 Å². The standard InChI is InChI=1S/C26H29FN2O5/c1-7-33-24-19-10-8-9-18(17(19)11-12-28-24)23(30)22-20(27)13-16(14-21(22)32-6)15(2)29-25(31)34-26(3,4)5/h8-15H,7H2,1-6H3,(H,29,31)/t15-/m1/s1. The number of methoxy groups -OCH3 is 1. The second kappa shape index (κ2) is 10.1. The molecule has 7 nitrogen and oxygen atoms in total. The van der Waals surface area contributed by atoms with Crippen LogP contribution in [-0.2, 0) is 4.74 Å². The molecular weight excluding hydrogens is 439 g/mol. The Kier molecular flexibility index (Phi) is 7.39. The summed E-state index contributed by atoms with van der Waals surface area (Å²) >= 11 is 0. The lowest BCUT2D eigenvalue weighted by atomic mass is 9.95. The summed E-state index contributed by atoms with van der Waals surface area (Å²) in [6, 6.07) is 8.99. The van der Waals surface area contributed by atoms with Crippen molar-refractivity contribution >= 4 is 22.6 Å². The summed E-state index contributed by atoms with van der Waals surface area (Å²) in [4.78, 5) is 29.8. The number of carbonyl (C=O) groups excluding carboxylic acids is 2. The number of fused-ring (bicyclic) bond motifs is 1. The maximum Gasteiger partial charge on any atom is 0.408 e. The zero-order chi connectivity index (χ0) is 25.0. The molecular formula is C26H29FN2O5. The monoisotopic (exact) mass is 468 g/mol. The second-order valence-corrected chi connectivity index (χ2v) is 8.73. The topological polar surface area (TPSA) is 86.8 Å². The Bertz CT molecular complexity index is 1220. The number of nitrogens with zero attached hydrogens (tertiary/aromatic N) is 1. The van der Waals surface area contributed by atoms with Crippen LogP contribution in [0.1, 0.15) is 62.1 Å². The molecule has 2 aromatic carbocycles. The first kappa shape index (κ1) is 25.0. The molecule has 0 fully saturated rings. The summed E-state index contributed by atoms with van der Waals surface area (Å²) in [5.41, 5.74) is -0.139. The van der Waals surface area contributed by atoms with Gasteiger partial charge in [0, 0.05) is 17.1 Å². The minimum absolute atomic E-state index is 0.0638. The Morgan fingerprint density at radius 1 is 1.15 bits per heavy atom. The minimum Gasteiger partial charge on any atom is -0.496 e. The molecule has 180 valence electrons. The van der Waals surface area contributed by atoms with Gasteiger partial charge in [-0.25, -0.2) is 14.2 Å². The van der Waals surface area contributed by atoms with E-state index >= 15 is 4.39 Å². The van der Waals surface area contributed by atoms with Crippen molar-refractivity contribution < 1.29 is 28.2 Å². The molecule has 1 aromatic heterocycles. The summed E-state index contributed by atoms with van der Waals surface area (Å²) in [5.74, 6) is -0.824. The molecule has 0 saturated heterocycles. The van der Waals surface area contributed by atoms with E-state index in [4.69, 9.17) is 14.2 Å². The van der Waals surface area contributed by atoms with Gasteiger partial charge in [-0.2, -0.15) is 0 Å². The van der Waals surface area contributed by atoms with Gasteiger partial charge >= 0.3 is 6.09 Å². The van der Waals surface area contributed by atoms with Crippen molar-refractivity contribution in [2.45, 2.75) is 46.3 Å². The Morgan fingerprint density at radius 2 is 1.88 bits per heavy atom. The van der Waals surface area contributed by atoms with Crippen molar-refractivity contribution in [1.82, 2.24) is 10.3 Å². The Labute approximate surface area is 198 Å². The third kappa shape index (κ3) is 5.44. The Morgan fingerprint density at radius 3 is 2.53 bits per heavy atom. The molecule has 34 heavy (non-hydrogen) atoms. The van der Waals surface area contributed by atoms with Crippen molar-refractivity contribution in [3.8, 4) is 11.6 Å². The van der Waals surface area contributed by atoms with Gasteiger partial charge in [0.25, 0.3) is 0 Å². The van der Waals surface area contributed by atoms with Crippen molar-refractivity contribution in [2.75, 3.05) is 13.7 Å². The minimum atomic E-state index is -0.756. The number of pyridine rings is 1. The van der Waals surface area contributed by atoms with E-state index in [2.05, 4.69) is 10.3 Å². The summed E-state index contributed by atoms with van der Waals surface area (Å²) in [7, 11) is 1.36. The molecule has 0 saturated carbocycles. The molecule has 3 rings (SSSR count). The predicted octanol–water partition coefficient (Wildman–Crippen LogP) is 5.60. The molecule has 0 unspecified atom stereocenters. The molecule has 0 bridgehead atoms. The lowest BCUT2D eigenvalue weighted by Gasteiger charge is -2.22. The maximum atomic E-state index is 15.3. The summed E-state index contributed by atoms with van der Waals surface area (Å²) < 4.78 is 31.5. The molecule has 1 amide bonds. The number of aromatic nitrogens is 1. The number of nitrogens with one attached hydrogen (secondary N) is 1. The van der Waals surface area contributed by atoms with Crippen LogP contribution >= 0.6 is 0 Å². The highest BCUT2D eigenvalue weighted by atomic mass is 19.1. The van der Waals surface area contributed by atoms with Crippen LogP contribution in [0.15, 0.2) is 42.6 Å². The fourth-order valence-electron chi connectivity index (χ4n) is 3.57. The zero-order valence-electron chi connectivity index (χ0n) is 20.2. The van der Waals surface area contributed by atoms with Gasteiger partial charge in [0.2, 0.25) is 5.88 Å². The lowest BCUT2D eigenvalue weighted by Crippen LogP contribution is -2.34. The van der Waals surface area contributed by atoms with Crippen LogP contribution in [0.5, 0.6) is 11.6 Å². The number of halogens is 1. The highest BCUT2D eigenvalue weighted by molar-refractivity contribution is 6.18. The molecule has 3 aromatic rings. The molecule has 1 heterocycles. The van der Waals surface area contributed by atoms with Crippen LogP contribution in [0.25, 0.3) is 10.8 Å². The highest BCUT2D eigenvalue weighted by Gasteiger charge is 2.25. The fraction of sp³-hybridized carbons (Fsp3) is 0.346. The first-order valence-corrected chi connectivity index (χ1v) is 11.0. The third-order valence-corrected chi connectivity index (χ3v) is 5.05. The SMILES string of the molecule is CCOc1nccc2c(C(=O)c3c(F)cc([C@@H](C)NC(=O)OC(C)(C)C)cc3OC)cccc12. The summed E-state index contributed by atoms with van der Waals surface area (Å²) in [6.45, 7) is 9.20. The number of rotatable bonds is 7. The van der Waals surface area contributed by atoms with E-state index in [1.54, 1.807) is 58.2 Å². The van der Waals surface area contributed by atoms with Crippen molar-refractivity contribution in [2.24, 2.45) is 0 Å². The zero-order valence-corrected chi connectivity index (χ0v) is 20.2. The summed E-state index contributed by atoms with van der Waals surface area (Å²) in [5, 5.41) is 3.91. The van der Waals surface area contributed by atoms with Crippen LogP contribution in [0.4, 0.5) is 9.18 Å². The van der Waals surface area contributed by atoms with E-state index in [-0.39, 0.29) is 11.3 Å². The van der Waals surface area contributed by atoms with Crippen LogP contribution < -0.4 is 14.8 Å². The number of hydrogen-bond acceptors (Lipinski definition) is 6. The number of alkyl carbamates (subject to hydrolysis) is 1. The molecule has 0 spiro atoms. The van der Waals surface area contributed by atoms with Gasteiger partial charge < -0.3 is 19.5 Å². The van der Waals surface area contributed by atoms with E-state index in [9.17, 15) is 9.59 Å². The average Bonchev–Trinajstić information content (AvgIpc) is 2.76. The van der Waals surface area contributed by atoms with Crippen LogP contribution in [0, 0.1) is 5.82 Å². The van der Waals surface area contributed by atoms with Crippen LogP contribution in [0.2, 0.25) is 0 Å². The van der Waals surface area contributed by atoms with Gasteiger partial charge in [0.1, 0.15) is 22.7 Å². The summed E-state index contributed by atoms with van der Waals surface area (Å²) in [6.07, 6.45) is 0.916. The van der Waals surface area contributed by atoms with Gasteiger partial charge in [-0.1, -0.05) is 12.1 Å². The molecule has 0 radical (unpaired) electrons. The Balaban J connectivity index is 1.99. The maximum absolute atomic E-state index is 15.3. The molecule has 8 heteroatoms. The van der Waals surface area contributed by atoms with E-state index < -0.39 is 29.3 Å². The van der Waals surface area contributed by atoms with Gasteiger partial charge in [0.05, 0.1) is 19.8 Å². The van der Waals surface area contributed by atoms with Crippen molar-refractivity contribution in [3.05, 3.63) is 65.1 Å². The van der Waals surface area contributed by atoms with E-state index in [1.807, 2.05) is 6.92 Å². The molecule has 0 aliphatic rings. The number of ketones is 1. The quantitative estimate of drug-likeness (QED) is 0.455. The number of hydrogen-bond donors (Lipinski definition) is 1. The Hall–Kier alpha value is -3.68. The predicted molar refractivity (Wildman–Crippen MR) is 127 cm³/mol. The first-order chi connectivity index (χ1) is 16.1. The number of ether oxygens (including phenoxy) is 3. The van der Waals surface area contributed by atoms with Crippen LogP contribution in [-0.4, -0.2) is 36.2 Å². The van der Waals surface area contributed by atoms with E-state index in [1.165, 1.54) is 19.2 Å². The molecule has 0 aliphatic heterocycles. The first-order valence-electron chi connectivity index (χ1n) is 11.0. The lowest BCUT2D eigenvalue weighted by molar-refractivity contribution is 0.0507. The largest absolute Gasteiger partial charge is 0.496 e. The smallest absolute Gasteiger partial charge is 0.408 e. The van der Waals surface area contributed by atoms with Crippen molar-refractivity contribution in [3.63, 3.8) is 0 Å². The highest BCUT2D eigenvalue weighted by Crippen LogP contribution is 2.32. The van der Waals surface area contributed by atoms with Gasteiger partial charge in [-0.3, -0.25) is 4.79 Å². The van der Waals surface area contributed by atoms with E-state index in [0.29, 0.717) is 34.4 Å². The average molecular weight is 469 g/mol. The van der Waals surface area contributed by atoms with Crippen LogP contribution in [0.3, 0.4) is 0 Å². The molecule has 1 atom stereocenters. The van der Waals surface area contributed by atoms with E-state index in [0.717, 1.165) is 0 Å². The fourth-order valence-corrected chi connectivity index (χ4v) is 3.57. The van der Waals surface area contributed by atoms with Gasteiger partial charge in [-0.05, 0) is 69.8 Å². The van der Waals surface area contributed by atoms with Gasteiger partial charge in [0.15, 0.2) is 5.78 Å². The number of benzene rings is 2. The second-order valence-electron chi connectivity index (χ2n) is 8.73. The number of carbonyl (C=O) groups is 2. The normalized spacial score (nSPS) is 12.2. The molecule has 0 aliphatic carbocycles. The number of amides is 1.